The molecule has 178 valence electrons. The lowest BCUT2D eigenvalue weighted by Gasteiger charge is -2.15. The van der Waals surface area contributed by atoms with Crippen molar-refractivity contribution in [3.8, 4) is 0 Å². The number of pyridine rings is 1. The molecule has 0 fully saturated rings. The zero-order chi connectivity index (χ0) is 23.8. The third kappa shape index (κ3) is 4.56. The minimum Gasteiger partial charge on any atom is -0.309 e. The van der Waals surface area contributed by atoms with E-state index in [0.717, 1.165) is 48.0 Å². The topological polar surface area (TPSA) is 72.5 Å². The molecular weight excluding hydrogens is 466 g/mol. The van der Waals surface area contributed by atoms with Crippen LogP contribution in [-0.2, 0) is 25.1 Å². The van der Waals surface area contributed by atoms with Crippen molar-refractivity contribution in [1.29, 1.82) is 0 Å². The van der Waals surface area contributed by atoms with E-state index >= 15 is 0 Å². The average Bonchev–Trinajstić information content (AvgIpc) is 3.18. The van der Waals surface area contributed by atoms with Crippen LogP contribution in [0.4, 0.5) is 0 Å². The molecule has 4 heterocycles. The minimum absolute atomic E-state index is 0.0765. The van der Waals surface area contributed by atoms with Crippen molar-refractivity contribution in [3.05, 3.63) is 66.8 Å². The van der Waals surface area contributed by atoms with Gasteiger partial charge in [-0.3, -0.25) is 18.6 Å². The van der Waals surface area contributed by atoms with E-state index in [1.807, 2.05) is 37.7 Å². The van der Waals surface area contributed by atoms with Gasteiger partial charge in [-0.25, -0.2) is 9.97 Å². The summed E-state index contributed by atoms with van der Waals surface area (Å²) in [6.07, 6.45) is 7.01. The number of aromatic nitrogens is 4. The highest BCUT2D eigenvalue weighted by Crippen LogP contribution is 2.35. The SMILES string of the molecule is Cc1ccc2nc(CSc3nc4sc5c(c4c(=O)n3CCCN(C)C)CCCC5)cc(=O)n2c1. The van der Waals surface area contributed by atoms with Crippen LogP contribution in [-0.4, -0.2) is 44.5 Å². The van der Waals surface area contributed by atoms with Crippen LogP contribution in [0, 0.1) is 6.92 Å². The van der Waals surface area contributed by atoms with Gasteiger partial charge in [-0.05, 0) is 76.9 Å². The van der Waals surface area contributed by atoms with Crippen molar-refractivity contribution in [3.63, 3.8) is 0 Å². The summed E-state index contributed by atoms with van der Waals surface area (Å²) < 4.78 is 3.41. The fraction of sp³-hybridized carbons (Fsp3) is 0.440. The van der Waals surface area contributed by atoms with Crippen LogP contribution in [0.25, 0.3) is 15.9 Å². The molecule has 1 aliphatic rings. The molecule has 0 saturated carbocycles. The molecule has 0 N–H and O–H groups in total. The zero-order valence-corrected chi connectivity index (χ0v) is 21.5. The maximum Gasteiger partial charge on any atom is 0.263 e. The molecule has 0 bridgehead atoms. The minimum atomic E-state index is -0.0954. The number of hydrogen-bond acceptors (Lipinski definition) is 7. The lowest BCUT2D eigenvalue weighted by molar-refractivity contribution is 0.379. The lowest BCUT2D eigenvalue weighted by Crippen LogP contribution is -2.26. The van der Waals surface area contributed by atoms with Crippen molar-refractivity contribution in [2.24, 2.45) is 0 Å². The molecule has 5 rings (SSSR count). The van der Waals surface area contributed by atoms with E-state index in [1.165, 1.54) is 28.6 Å². The van der Waals surface area contributed by atoms with Crippen LogP contribution < -0.4 is 11.1 Å². The molecule has 0 saturated heterocycles. The van der Waals surface area contributed by atoms with E-state index in [-0.39, 0.29) is 11.1 Å². The zero-order valence-electron chi connectivity index (χ0n) is 19.8. The Morgan fingerprint density at radius 3 is 2.79 bits per heavy atom. The molecule has 34 heavy (non-hydrogen) atoms. The highest BCUT2D eigenvalue weighted by atomic mass is 32.2. The van der Waals surface area contributed by atoms with Crippen LogP contribution in [0.1, 0.15) is 41.0 Å². The van der Waals surface area contributed by atoms with E-state index in [0.29, 0.717) is 28.8 Å². The number of thiophene rings is 1. The number of fused-ring (bicyclic) bond motifs is 4. The largest absolute Gasteiger partial charge is 0.309 e. The Hall–Kier alpha value is -2.49. The van der Waals surface area contributed by atoms with Crippen molar-refractivity contribution in [2.45, 2.75) is 56.5 Å². The second-order valence-corrected chi connectivity index (χ2v) is 11.2. The third-order valence-corrected chi connectivity index (χ3v) is 8.43. The van der Waals surface area contributed by atoms with Gasteiger partial charge in [0.05, 0.1) is 11.1 Å². The van der Waals surface area contributed by atoms with Crippen molar-refractivity contribution in [2.75, 3.05) is 20.6 Å². The Kier molecular flexibility index (Phi) is 6.59. The molecule has 1 aliphatic carbocycles. The highest BCUT2D eigenvalue weighted by molar-refractivity contribution is 7.98. The van der Waals surface area contributed by atoms with Crippen molar-refractivity contribution < 1.29 is 0 Å². The number of rotatable bonds is 7. The molecule has 0 spiro atoms. The number of thioether (sulfide) groups is 1. The number of hydrogen-bond donors (Lipinski definition) is 0. The van der Waals surface area contributed by atoms with Gasteiger partial charge in [-0.2, -0.15) is 0 Å². The molecule has 7 nitrogen and oxygen atoms in total. The molecule has 4 aromatic heterocycles. The van der Waals surface area contributed by atoms with Gasteiger partial charge in [0.25, 0.3) is 11.1 Å². The van der Waals surface area contributed by atoms with Gasteiger partial charge in [0.15, 0.2) is 5.16 Å². The van der Waals surface area contributed by atoms with Crippen molar-refractivity contribution >= 4 is 39.0 Å². The first-order valence-electron chi connectivity index (χ1n) is 11.7. The van der Waals surface area contributed by atoms with Crippen LogP contribution >= 0.6 is 23.1 Å². The number of aryl methyl sites for hydroxylation is 3. The van der Waals surface area contributed by atoms with Gasteiger partial charge < -0.3 is 4.90 Å². The summed E-state index contributed by atoms with van der Waals surface area (Å²) in [7, 11) is 4.08. The summed E-state index contributed by atoms with van der Waals surface area (Å²) in [5, 5.41) is 1.53. The van der Waals surface area contributed by atoms with E-state index < -0.39 is 0 Å². The Balaban J connectivity index is 1.51. The summed E-state index contributed by atoms with van der Waals surface area (Å²) in [4.78, 5) is 40.2. The Bertz CT molecular complexity index is 1480. The standard InChI is InChI=1S/C25H29N5O2S2/c1-16-9-10-20-26-17(13-21(31)30(20)14-16)15-33-25-27-23-22(18-7-4-5-8-19(18)34-23)24(32)29(25)12-6-11-28(2)3/h9-10,13-14H,4-8,11-12,15H2,1-3H3. The van der Waals surface area contributed by atoms with Gasteiger partial charge in [-0.1, -0.05) is 17.8 Å². The van der Waals surface area contributed by atoms with Crippen LogP contribution in [0.5, 0.6) is 0 Å². The monoisotopic (exact) mass is 495 g/mol. The van der Waals surface area contributed by atoms with Gasteiger partial charge >= 0.3 is 0 Å². The third-order valence-electron chi connectivity index (χ3n) is 6.24. The highest BCUT2D eigenvalue weighted by Gasteiger charge is 2.22. The Labute approximate surface area is 206 Å². The maximum atomic E-state index is 13.7. The fourth-order valence-electron chi connectivity index (χ4n) is 4.54. The summed E-state index contributed by atoms with van der Waals surface area (Å²) in [6, 6.07) is 5.40. The predicted molar refractivity (Wildman–Crippen MR) is 139 cm³/mol. The van der Waals surface area contributed by atoms with Crippen LogP contribution in [0.2, 0.25) is 0 Å². The Morgan fingerprint density at radius 1 is 1.15 bits per heavy atom. The van der Waals surface area contributed by atoms with E-state index in [2.05, 4.69) is 9.88 Å². The number of nitrogens with zero attached hydrogens (tertiary/aromatic N) is 5. The Morgan fingerprint density at radius 2 is 1.97 bits per heavy atom. The molecule has 9 heteroatoms. The molecule has 0 unspecified atom stereocenters. The van der Waals surface area contributed by atoms with E-state index in [1.54, 1.807) is 28.0 Å². The summed E-state index contributed by atoms with van der Waals surface area (Å²) in [6.45, 7) is 3.48. The average molecular weight is 496 g/mol. The quantitative estimate of drug-likeness (QED) is 0.286. The summed E-state index contributed by atoms with van der Waals surface area (Å²) in [5.41, 5.74) is 3.54. The fourth-order valence-corrected chi connectivity index (χ4v) is 6.76. The maximum absolute atomic E-state index is 13.7. The molecular formula is C25H29N5O2S2. The molecule has 0 aliphatic heterocycles. The molecule has 0 aromatic carbocycles. The molecule has 0 radical (unpaired) electrons. The van der Waals surface area contributed by atoms with Gasteiger partial charge in [0.2, 0.25) is 0 Å². The van der Waals surface area contributed by atoms with E-state index in [9.17, 15) is 9.59 Å². The first-order valence-corrected chi connectivity index (χ1v) is 13.5. The van der Waals surface area contributed by atoms with Crippen LogP contribution in [0.3, 0.4) is 0 Å². The first-order chi connectivity index (χ1) is 16.4. The lowest BCUT2D eigenvalue weighted by atomic mass is 9.97. The van der Waals surface area contributed by atoms with Gasteiger partial charge in [-0.15, -0.1) is 11.3 Å². The summed E-state index contributed by atoms with van der Waals surface area (Å²) >= 11 is 3.17. The summed E-state index contributed by atoms with van der Waals surface area (Å²) in [5.74, 6) is 0.482. The smallest absolute Gasteiger partial charge is 0.263 e. The molecule has 4 aromatic rings. The normalized spacial score (nSPS) is 13.8. The van der Waals surface area contributed by atoms with Crippen LogP contribution in [0.15, 0.2) is 39.1 Å². The van der Waals surface area contributed by atoms with E-state index in [4.69, 9.17) is 4.98 Å². The second kappa shape index (κ2) is 9.64. The van der Waals surface area contributed by atoms with Gasteiger partial charge in [0, 0.05) is 29.4 Å². The van der Waals surface area contributed by atoms with Crippen molar-refractivity contribution in [1.82, 2.24) is 23.8 Å². The second-order valence-electron chi connectivity index (χ2n) is 9.21. The predicted octanol–water partition coefficient (Wildman–Crippen LogP) is 3.90. The molecule has 0 amide bonds. The first kappa shape index (κ1) is 23.3. The van der Waals surface area contributed by atoms with Gasteiger partial charge in [0.1, 0.15) is 10.5 Å². The molecule has 0 atom stereocenters.